The van der Waals surface area contributed by atoms with E-state index in [0.717, 1.165) is 83.6 Å². The van der Waals surface area contributed by atoms with Crippen molar-refractivity contribution in [1.29, 1.82) is 0 Å². The van der Waals surface area contributed by atoms with Crippen molar-refractivity contribution in [1.82, 2.24) is 4.57 Å². The average molecular weight is 881 g/mol. The molecule has 0 aliphatic heterocycles. The van der Waals surface area contributed by atoms with Crippen molar-refractivity contribution in [2.24, 2.45) is 0 Å². The lowest BCUT2D eigenvalue weighted by atomic mass is 9.96. The highest BCUT2D eigenvalue weighted by Crippen LogP contribution is 2.45. The first kappa shape index (κ1) is 40.1. The maximum Gasteiger partial charge on any atom is 0.143 e. The van der Waals surface area contributed by atoms with Crippen molar-refractivity contribution in [3.05, 3.63) is 267 Å². The van der Waals surface area contributed by atoms with Crippen molar-refractivity contribution in [2.75, 3.05) is 4.90 Å². The maximum atomic E-state index is 6.50. The molecule has 0 N–H and O–H groups in total. The van der Waals surface area contributed by atoms with Crippen LogP contribution in [0.3, 0.4) is 0 Å². The Morgan fingerprint density at radius 1 is 0.290 bits per heavy atom. The molecule has 0 radical (unpaired) electrons. The fraction of sp³-hybridized carbons (Fsp3) is 0. The molecule has 11 aromatic carbocycles. The van der Waals surface area contributed by atoms with Gasteiger partial charge in [-0.2, -0.15) is 0 Å². The van der Waals surface area contributed by atoms with Gasteiger partial charge in [-0.05, 0) is 106 Å². The number of hydrogen-bond acceptors (Lipinski definition) is 2. The van der Waals surface area contributed by atoms with Crippen LogP contribution in [0.1, 0.15) is 0 Å². The highest BCUT2D eigenvalue weighted by Gasteiger charge is 2.20. The van der Waals surface area contributed by atoms with Gasteiger partial charge in [0.15, 0.2) is 0 Å². The van der Waals surface area contributed by atoms with E-state index in [2.05, 4.69) is 264 Å². The van der Waals surface area contributed by atoms with E-state index in [9.17, 15) is 0 Å². The molecular formula is C66H44N2O. The number of nitrogens with zero attached hydrogens (tertiary/aromatic N) is 2. The van der Waals surface area contributed by atoms with E-state index < -0.39 is 0 Å². The Balaban J connectivity index is 0.937. The molecule has 324 valence electrons. The lowest BCUT2D eigenvalue weighted by molar-refractivity contribution is 0.670. The molecule has 69 heavy (non-hydrogen) atoms. The van der Waals surface area contributed by atoms with Gasteiger partial charge in [-0.3, -0.25) is 0 Å². The fourth-order valence-electron chi connectivity index (χ4n) is 10.4. The fourth-order valence-corrected chi connectivity index (χ4v) is 10.4. The van der Waals surface area contributed by atoms with Crippen LogP contribution in [0.5, 0.6) is 0 Å². The van der Waals surface area contributed by atoms with E-state index in [1.807, 2.05) is 12.1 Å². The van der Waals surface area contributed by atoms with E-state index in [1.54, 1.807) is 0 Å². The van der Waals surface area contributed by atoms with Gasteiger partial charge in [-0.25, -0.2) is 0 Å². The maximum absolute atomic E-state index is 6.50. The van der Waals surface area contributed by atoms with E-state index in [4.69, 9.17) is 4.42 Å². The number of para-hydroxylation sites is 6. The minimum absolute atomic E-state index is 0.897. The number of benzene rings is 11. The van der Waals surface area contributed by atoms with E-state index >= 15 is 0 Å². The molecule has 2 heterocycles. The summed E-state index contributed by atoms with van der Waals surface area (Å²) in [5, 5.41) is 4.75. The number of furan rings is 1. The molecule has 3 heteroatoms. The summed E-state index contributed by atoms with van der Waals surface area (Å²) < 4.78 is 8.92. The van der Waals surface area contributed by atoms with Crippen LogP contribution in [0, 0.1) is 0 Å². The summed E-state index contributed by atoms with van der Waals surface area (Å²) in [5.41, 5.74) is 20.0. The molecule has 13 rings (SSSR count). The Kier molecular flexibility index (Phi) is 9.84. The Morgan fingerprint density at radius 2 is 0.797 bits per heavy atom. The molecule has 0 bridgehead atoms. The zero-order valence-corrected chi connectivity index (χ0v) is 37.7. The van der Waals surface area contributed by atoms with Gasteiger partial charge >= 0.3 is 0 Å². The van der Waals surface area contributed by atoms with E-state index in [0.29, 0.717) is 0 Å². The Labute approximate surface area is 401 Å². The average Bonchev–Trinajstić information content (AvgIpc) is 3.98. The molecule has 0 fully saturated rings. The summed E-state index contributed by atoms with van der Waals surface area (Å²) in [5.74, 6) is 0. The third-order valence-electron chi connectivity index (χ3n) is 13.6. The predicted octanol–water partition coefficient (Wildman–Crippen LogP) is 18.5. The molecule has 0 amide bonds. The first-order valence-electron chi connectivity index (χ1n) is 23.6. The second-order valence-corrected chi connectivity index (χ2v) is 17.6. The molecule has 2 aromatic heterocycles. The smallest absolute Gasteiger partial charge is 0.143 e. The van der Waals surface area contributed by atoms with E-state index in [-0.39, 0.29) is 0 Å². The summed E-state index contributed by atoms with van der Waals surface area (Å²) in [4.78, 5) is 2.40. The van der Waals surface area contributed by atoms with Crippen molar-refractivity contribution in [3.8, 4) is 61.3 Å². The van der Waals surface area contributed by atoms with Crippen LogP contribution in [0.15, 0.2) is 271 Å². The number of hydrogen-bond donors (Lipinski definition) is 0. The number of rotatable bonds is 9. The topological polar surface area (TPSA) is 21.3 Å². The summed E-state index contributed by atoms with van der Waals surface area (Å²) in [6.45, 7) is 0. The Morgan fingerprint density at radius 3 is 1.55 bits per heavy atom. The third-order valence-corrected chi connectivity index (χ3v) is 13.6. The van der Waals surface area contributed by atoms with Gasteiger partial charge in [0.1, 0.15) is 11.2 Å². The summed E-state index contributed by atoms with van der Waals surface area (Å²) in [7, 11) is 0. The van der Waals surface area contributed by atoms with Crippen LogP contribution >= 0.6 is 0 Å². The summed E-state index contributed by atoms with van der Waals surface area (Å²) in [6, 6.07) is 96.1. The summed E-state index contributed by atoms with van der Waals surface area (Å²) >= 11 is 0. The van der Waals surface area contributed by atoms with Crippen molar-refractivity contribution in [3.63, 3.8) is 0 Å². The molecular weight excluding hydrogens is 837 g/mol. The van der Waals surface area contributed by atoms with Crippen LogP contribution in [0.4, 0.5) is 17.1 Å². The molecule has 0 unspecified atom stereocenters. The minimum Gasteiger partial charge on any atom is -0.455 e. The Bertz CT molecular complexity index is 3970. The minimum atomic E-state index is 0.897. The van der Waals surface area contributed by atoms with Gasteiger partial charge in [0, 0.05) is 49.6 Å². The molecule has 0 spiro atoms. The van der Waals surface area contributed by atoms with Crippen molar-refractivity contribution >= 4 is 60.8 Å². The third kappa shape index (κ3) is 7.08. The molecule has 0 aliphatic rings. The lowest BCUT2D eigenvalue weighted by Gasteiger charge is -2.28. The van der Waals surface area contributed by atoms with Gasteiger partial charge in [0.25, 0.3) is 0 Å². The number of fused-ring (bicyclic) bond motifs is 6. The Hall–Kier alpha value is -9.18. The van der Waals surface area contributed by atoms with Gasteiger partial charge < -0.3 is 13.9 Å². The first-order chi connectivity index (χ1) is 34.2. The van der Waals surface area contributed by atoms with Crippen LogP contribution < -0.4 is 4.90 Å². The van der Waals surface area contributed by atoms with Crippen LogP contribution in [0.2, 0.25) is 0 Å². The zero-order valence-electron chi connectivity index (χ0n) is 37.7. The highest BCUT2D eigenvalue weighted by atomic mass is 16.3. The molecule has 0 saturated carbocycles. The van der Waals surface area contributed by atoms with Crippen molar-refractivity contribution < 1.29 is 4.42 Å². The van der Waals surface area contributed by atoms with Crippen LogP contribution in [-0.4, -0.2) is 4.57 Å². The monoisotopic (exact) mass is 880 g/mol. The normalized spacial score (nSPS) is 11.5. The first-order valence-corrected chi connectivity index (χ1v) is 23.6. The standard InChI is InChI=1S/C66H44N2O/c1-2-18-45(19-3-1)47-20-14-23-50(42-47)54-26-4-9-33-61(54)67(52-40-38-46(39-41-52)56-31-17-32-60-59-30-8-13-37-65(59)69-66(56)60)53-25-16-22-49(44-53)48-21-15-24-51(43-48)55-27-5-10-34-62(55)68-63-35-11-6-28-57(63)58-29-7-12-36-64(58)68/h1-44H. The summed E-state index contributed by atoms with van der Waals surface area (Å²) in [6.07, 6.45) is 0. The molecule has 13 aromatic rings. The number of aromatic nitrogens is 1. The molecule has 0 atom stereocenters. The quantitative estimate of drug-likeness (QED) is 0.144. The van der Waals surface area contributed by atoms with Gasteiger partial charge in [0.05, 0.1) is 22.4 Å². The van der Waals surface area contributed by atoms with Gasteiger partial charge in [-0.1, -0.05) is 200 Å². The van der Waals surface area contributed by atoms with E-state index in [1.165, 1.54) is 38.5 Å². The predicted molar refractivity (Wildman–Crippen MR) is 290 cm³/mol. The largest absolute Gasteiger partial charge is 0.455 e. The SMILES string of the molecule is c1ccc(-c2cccc(-c3ccccc3N(c3ccc(-c4cccc5c4oc4ccccc45)cc3)c3cccc(-c4cccc(-c5ccccc5-n5c6ccccc6c6ccccc65)c4)c3)c2)cc1. The zero-order chi connectivity index (χ0) is 45.7. The lowest BCUT2D eigenvalue weighted by Crippen LogP contribution is -2.11. The second-order valence-electron chi connectivity index (χ2n) is 17.6. The highest BCUT2D eigenvalue weighted by molar-refractivity contribution is 6.11. The van der Waals surface area contributed by atoms with Crippen LogP contribution in [0.25, 0.3) is 105 Å². The number of anilines is 3. The molecule has 3 nitrogen and oxygen atoms in total. The molecule has 0 aliphatic carbocycles. The second kappa shape index (κ2) is 16.9. The van der Waals surface area contributed by atoms with Gasteiger partial charge in [-0.15, -0.1) is 0 Å². The van der Waals surface area contributed by atoms with Gasteiger partial charge in [0.2, 0.25) is 0 Å². The molecule has 0 saturated heterocycles. The van der Waals surface area contributed by atoms with Crippen molar-refractivity contribution in [2.45, 2.75) is 0 Å². The van der Waals surface area contributed by atoms with Crippen LogP contribution in [-0.2, 0) is 0 Å².